The van der Waals surface area contributed by atoms with Crippen LogP contribution in [0.2, 0.25) is 10.0 Å². The number of thioether (sulfide) groups is 1. The lowest BCUT2D eigenvalue weighted by molar-refractivity contribution is -0.384. The quantitative estimate of drug-likeness (QED) is 0.0643. The van der Waals surface area contributed by atoms with Crippen LogP contribution in [0, 0.1) is 17.0 Å². The second-order valence-corrected chi connectivity index (χ2v) is 11.8. The van der Waals surface area contributed by atoms with Crippen molar-refractivity contribution in [3.63, 3.8) is 0 Å². The minimum atomic E-state index is -0.615. The van der Waals surface area contributed by atoms with E-state index in [0.717, 1.165) is 0 Å². The number of non-ortho nitro benzene ring substituents is 1. The van der Waals surface area contributed by atoms with E-state index in [0.29, 0.717) is 49.4 Å². The molecule has 3 amide bonds. The molecule has 0 aliphatic heterocycles. The molecule has 4 rings (SSSR count). The van der Waals surface area contributed by atoms with Crippen LogP contribution in [-0.2, 0) is 9.59 Å². The van der Waals surface area contributed by atoms with Gasteiger partial charge >= 0.3 is 0 Å². The van der Waals surface area contributed by atoms with Crippen LogP contribution < -0.4 is 16.0 Å². The predicted octanol–water partition coefficient (Wildman–Crippen LogP) is 8.13. The summed E-state index contributed by atoms with van der Waals surface area (Å²) in [7, 11) is 0. The Labute approximate surface area is 274 Å². The highest BCUT2D eigenvalue weighted by atomic mass is 35.5. The Morgan fingerprint density at radius 3 is 2.24 bits per heavy atom. The van der Waals surface area contributed by atoms with Gasteiger partial charge in [-0.05, 0) is 73.5 Å². The summed E-state index contributed by atoms with van der Waals surface area (Å²) in [6.07, 6.45) is 1.91. The number of nitro benzene ring substituents is 1. The third-order valence-electron chi connectivity index (χ3n) is 6.53. The fraction of sp³-hybridized carbons (Fsp3) is 0.121. The monoisotopic (exact) mass is 662 g/mol. The third-order valence-corrected chi connectivity index (χ3v) is 8.55. The van der Waals surface area contributed by atoms with E-state index in [4.69, 9.17) is 23.2 Å². The van der Waals surface area contributed by atoms with Crippen molar-refractivity contribution in [2.24, 2.45) is 0 Å². The molecule has 4 aromatic rings. The van der Waals surface area contributed by atoms with Gasteiger partial charge in [-0.15, -0.1) is 11.8 Å². The average Bonchev–Trinajstić information content (AvgIpc) is 3.02. The van der Waals surface area contributed by atoms with Gasteiger partial charge in [-0.25, -0.2) is 0 Å². The Hall–Kier alpha value is -4.64. The van der Waals surface area contributed by atoms with Gasteiger partial charge in [0.05, 0.1) is 10.2 Å². The number of anilines is 2. The molecule has 0 aromatic heterocycles. The second-order valence-electron chi connectivity index (χ2n) is 9.76. The zero-order valence-corrected chi connectivity index (χ0v) is 26.5. The summed E-state index contributed by atoms with van der Waals surface area (Å²) in [5, 5.41) is 19.5. The maximum atomic E-state index is 13.5. The highest BCUT2D eigenvalue weighted by Gasteiger charge is 2.21. The van der Waals surface area contributed by atoms with Crippen molar-refractivity contribution in [3.05, 3.63) is 134 Å². The first-order valence-electron chi connectivity index (χ1n) is 13.7. The van der Waals surface area contributed by atoms with Crippen molar-refractivity contribution in [1.82, 2.24) is 5.32 Å². The van der Waals surface area contributed by atoms with Crippen LogP contribution in [0.15, 0.2) is 102 Å². The molecule has 0 aliphatic rings. The van der Waals surface area contributed by atoms with Gasteiger partial charge in [0.25, 0.3) is 17.5 Å². The number of amides is 3. The summed E-state index contributed by atoms with van der Waals surface area (Å²) in [6.45, 7) is 3.56. The van der Waals surface area contributed by atoms with E-state index in [1.54, 1.807) is 73.7 Å². The smallest absolute Gasteiger partial charge is 0.272 e. The van der Waals surface area contributed by atoms with E-state index < -0.39 is 22.0 Å². The van der Waals surface area contributed by atoms with Gasteiger partial charge in [0.15, 0.2) is 0 Å². The molecule has 0 spiro atoms. The number of rotatable bonds is 11. The fourth-order valence-electron chi connectivity index (χ4n) is 4.18. The van der Waals surface area contributed by atoms with E-state index in [1.807, 2.05) is 13.0 Å². The number of nitro groups is 1. The number of carbonyl (C=O) groups excluding carboxylic acids is 3. The lowest BCUT2D eigenvalue weighted by Gasteiger charge is -2.17. The van der Waals surface area contributed by atoms with Crippen LogP contribution in [0.25, 0.3) is 6.08 Å². The predicted molar refractivity (Wildman–Crippen MR) is 180 cm³/mol. The summed E-state index contributed by atoms with van der Waals surface area (Å²) < 4.78 is 0. The molecule has 45 heavy (non-hydrogen) atoms. The summed E-state index contributed by atoms with van der Waals surface area (Å²) >= 11 is 14.0. The van der Waals surface area contributed by atoms with Crippen LogP contribution in [0.5, 0.6) is 0 Å². The fourth-order valence-corrected chi connectivity index (χ4v) is 5.70. The second kappa shape index (κ2) is 15.4. The van der Waals surface area contributed by atoms with Gasteiger partial charge in [0.1, 0.15) is 5.70 Å². The average molecular weight is 664 g/mol. The molecule has 0 saturated carbocycles. The van der Waals surface area contributed by atoms with E-state index >= 15 is 0 Å². The zero-order valence-electron chi connectivity index (χ0n) is 24.2. The standard InChI is InChI=1S/C33H28Cl2N4O5S/c1-3-30(33(42)37-28-16-15-23(39(43)44)17-20(28)2)45-24-12-7-11-22(18-24)36-32(41)29(19-25-26(34)13-8-14-27(25)35)38-31(40)21-9-5-4-6-10-21/h4-19,30H,3H2,1-2H3,(H,36,41)(H,37,42)(H,38,40)/b29-19+. The Bertz CT molecular complexity index is 1760. The maximum absolute atomic E-state index is 13.5. The van der Waals surface area contributed by atoms with Gasteiger partial charge < -0.3 is 16.0 Å². The molecule has 0 radical (unpaired) electrons. The van der Waals surface area contributed by atoms with E-state index in [9.17, 15) is 24.5 Å². The number of carbonyl (C=O) groups is 3. The molecule has 0 saturated heterocycles. The highest BCUT2D eigenvalue weighted by molar-refractivity contribution is 8.00. The molecule has 230 valence electrons. The van der Waals surface area contributed by atoms with Gasteiger partial charge in [-0.2, -0.15) is 0 Å². The SMILES string of the molecule is CCC(Sc1cccc(NC(=O)/C(=C\c2c(Cl)cccc2Cl)NC(=O)c2ccccc2)c1)C(=O)Nc1ccc([N+](=O)[O-])cc1C. The summed E-state index contributed by atoms with van der Waals surface area (Å²) in [6, 6.07) is 24.6. The van der Waals surface area contributed by atoms with Crippen LogP contribution in [0.1, 0.15) is 34.8 Å². The van der Waals surface area contributed by atoms with E-state index in [2.05, 4.69) is 16.0 Å². The lowest BCUT2D eigenvalue weighted by Crippen LogP contribution is -2.30. The highest BCUT2D eigenvalue weighted by Crippen LogP contribution is 2.30. The van der Waals surface area contributed by atoms with E-state index in [1.165, 1.54) is 36.0 Å². The summed E-state index contributed by atoms with van der Waals surface area (Å²) in [5.41, 5.74) is 2.07. The molecule has 4 aromatic carbocycles. The molecule has 12 heteroatoms. The Kier molecular flexibility index (Phi) is 11.4. The van der Waals surface area contributed by atoms with Gasteiger partial charge in [0.2, 0.25) is 5.91 Å². The number of hydrogen-bond acceptors (Lipinski definition) is 6. The molecule has 9 nitrogen and oxygen atoms in total. The van der Waals surface area contributed by atoms with Gasteiger partial charge in [-0.3, -0.25) is 24.5 Å². The molecule has 0 aliphatic carbocycles. The van der Waals surface area contributed by atoms with Gasteiger partial charge in [-0.1, -0.05) is 60.5 Å². The Morgan fingerprint density at radius 1 is 0.911 bits per heavy atom. The number of benzene rings is 4. The molecule has 3 N–H and O–H groups in total. The van der Waals surface area contributed by atoms with Crippen molar-refractivity contribution in [3.8, 4) is 0 Å². The van der Waals surface area contributed by atoms with Crippen molar-refractivity contribution in [1.29, 1.82) is 0 Å². The number of nitrogens with zero attached hydrogens (tertiary/aromatic N) is 1. The summed E-state index contributed by atoms with van der Waals surface area (Å²) in [5.74, 6) is -1.38. The maximum Gasteiger partial charge on any atom is 0.272 e. The minimum absolute atomic E-state index is 0.0571. The molecule has 1 unspecified atom stereocenters. The molecule has 0 bridgehead atoms. The lowest BCUT2D eigenvalue weighted by atomic mass is 10.1. The largest absolute Gasteiger partial charge is 0.325 e. The normalized spacial score (nSPS) is 11.8. The Balaban J connectivity index is 1.52. The molecule has 0 heterocycles. The van der Waals surface area contributed by atoms with Crippen molar-refractivity contribution >= 4 is 75.8 Å². The molecular formula is C33H28Cl2N4O5S. The first-order chi connectivity index (χ1) is 21.5. The van der Waals surface area contributed by atoms with Crippen molar-refractivity contribution < 1.29 is 19.3 Å². The van der Waals surface area contributed by atoms with Gasteiger partial charge in [0, 0.05) is 49.6 Å². The van der Waals surface area contributed by atoms with Crippen LogP contribution in [-0.4, -0.2) is 27.9 Å². The van der Waals surface area contributed by atoms with Crippen LogP contribution in [0.4, 0.5) is 17.1 Å². The van der Waals surface area contributed by atoms with E-state index in [-0.39, 0.29) is 17.3 Å². The third kappa shape index (κ3) is 8.95. The Morgan fingerprint density at radius 2 is 1.60 bits per heavy atom. The summed E-state index contributed by atoms with van der Waals surface area (Å²) in [4.78, 5) is 50.9. The molecule has 1 atom stereocenters. The number of halogens is 2. The number of hydrogen-bond donors (Lipinski definition) is 3. The number of nitrogens with one attached hydrogen (secondary N) is 3. The van der Waals surface area contributed by atoms with Crippen LogP contribution >= 0.6 is 35.0 Å². The van der Waals surface area contributed by atoms with Crippen molar-refractivity contribution in [2.75, 3.05) is 10.6 Å². The molecular weight excluding hydrogens is 635 g/mol. The first kappa shape index (κ1) is 33.3. The molecule has 0 fully saturated rings. The first-order valence-corrected chi connectivity index (χ1v) is 15.3. The topological polar surface area (TPSA) is 130 Å². The van der Waals surface area contributed by atoms with Crippen molar-refractivity contribution in [2.45, 2.75) is 30.4 Å². The minimum Gasteiger partial charge on any atom is -0.325 e. The number of aryl methyl sites for hydroxylation is 1. The zero-order chi connectivity index (χ0) is 32.5. The van der Waals surface area contributed by atoms with Crippen LogP contribution in [0.3, 0.4) is 0 Å².